The molecule has 0 aliphatic heterocycles. The number of para-hydroxylation sites is 1. The average molecular weight is 395 g/mol. The third-order valence-electron chi connectivity index (χ3n) is 4.62. The van der Waals surface area contributed by atoms with Crippen LogP contribution < -0.4 is 5.32 Å². The summed E-state index contributed by atoms with van der Waals surface area (Å²) in [5, 5.41) is 9.39. The molecule has 144 valence electrons. The van der Waals surface area contributed by atoms with Crippen molar-refractivity contribution < 1.29 is 14.3 Å². The standard InChI is InChI=1S/C21H21N3O3S/c1-14(19-8-5-11-28-19)22-20(25)13-27-21(26)18-12-17(15-9-10-15)23-24(18)16-6-3-2-4-7-16/h2-8,11-12,14-15H,9-10,13H2,1H3,(H,22,25)/t14-/m0/s1. The second kappa shape index (κ2) is 7.98. The summed E-state index contributed by atoms with van der Waals surface area (Å²) in [5.74, 6) is -0.476. The number of ether oxygens (including phenoxy) is 1. The van der Waals surface area contributed by atoms with E-state index in [0.29, 0.717) is 11.6 Å². The maximum Gasteiger partial charge on any atom is 0.357 e. The summed E-state index contributed by atoms with van der Waals surface area (Å²) in [4.78, 5) is 25.9. The lowest BCUT2D eigenvalue weighted by Crippen LogP contribution is -2.31. The molecule has 1 N–H and O–H groups in total. The molecule has 28 heavy (non-hydrogen) atoms. The SMILES string of the molecule is C[C@H](NC(=O)COC(=O)c1cc(C2CC2)nn1-c1ccccc1)c1cccs1. The van der Waals surface area contributed by atoms with Gasteiger partial charge in [-0.05, 0) is 49.4 Å². The first-order valence-corrected chi connectivity index (χ1v) is 10.1. The Hall–Kier alpha value is -2.93. The highest BCUT2D eigenvalue weighted by Gasteiger charge is 2.29. The van der Waals surface area contributed by atoms with E-state index in [0.717, 1.165) is 29.1 Å². The van der Waals surface area contributed by atoms with Crippen LogP contribution in [-0.4, -0.2) is 28.3 Å². The normalized spacial score (nSPS) is 14.5. The lowest BCUT2D eigenvalue weighted by molar-refractivity contribution is -0.124. The van der Waals surface area contributed by atoms with Crippen molar-refractivity contribution in [2.24, 2.45) is 0 Å². The Balaban J connectivity index is 1.43. The van der Waals surface area contributed by atoms with Gasteiger partial charge in [-0.25, -0.2) is 9.48 Å². The number of rotatable bonds is 7. The minimum Gasteiger partial charge on any atom is -0.451 e. The van der Waals surface area contributed by atoms with Crippen molar-refractivity contribution in [2.75, 3.05) is 6.61 Å². The van der Waals surface area contributed by atoms with E-state index in [4.69, 9.17) is 4.74 Å². The lowest BCUT2D eigenvalue weighted by Gasteiger charge is -2.12. The van der Waals surface area contributed by atoms with E-state index in [1.165, 1.54) is 0 Å². The van der Waals surface area contributed by atoms with Crippen LogP contribution in [0.1, 0.15) is 52.8 Å². The van der Waals surface area contributed by atoms with Gasteiger partial charge in [0.15, 0.2) is 12.3 Å². The molecule has 0 unspecified atom stereocenters. The predicted molar refractivity (Wildman–Crippen MR) is 107 cm³/mol. The van der Waals surface area contributed by atoms with Crippen molar-refractivity contribution in [1.82, 2.24) is 15.1 Å². The molecule has 7 heteroatoms. The van der Waals surface area contributed by atoms with Gasteiger partial charge < -0.3 is 10.1 Å². The third kappa shape index (κ3) is 4.14. The number of nitrogens with one attached hydrogen (secondary N) is 1. The Kier molecular flexibility index (Phi) is 5.25. The van der Waals surface area contributed by atoms with Gasteiger partial charge in [-0.3, -0.25) is 4.79 Å². The molecule has 0 saturated heterocycles. The monoisotopic (exact) mass is 395 g/mol. The highest BCUT2D eigenvalue weighted by molar-refractivity contribution is 7.10. The van der Waals surface area contributed by atoms with Crippen molar-refractivity contribution in [3.8, 4) is 5.69 Å². The van der Waals surface area contributed by atoms with E-state index in [1.54, 1.807) is 22.1 Å². The first kappa shape index (κ1) is 18.4. The van der Waals surface area contributed by atoms with E-state index in [1.807, 2.05) is 54.8 Å². The second-order valence-electron chi connectivity index (χ2n) is 6.86. The first-order valence-electron chi connectivity index (χ1n) is 9.27. The summed E-state index contributed by atoms with van der Waals surface area (Å²) in [7, 11) is 0. The van der Waals surface area contributed by atoms with Crippen LogP contribution in [-0.2, 0) is 9.53 Å². The molecule has 1 saturated carbocycles. The van der Waals surface area contributed by atoms with Gasteiger partial charge in [0, 0.05) is 10.8 Å². The molecule has 1 aliphatic carbocycles. The zero-order chi connectivity index (χ0) is 19.5. The van der Waals surface area contributed by atoms with Gasteiger partial charge in [0.25, 0.3) is 5.91 Å². The van der Waals surface area contributed by atoms with E-state index in [2.05, 4.69) is 10.4 Å². The van der Waals surface area contributed by atoms with Crippen LogP contribution in [0.3, 0.4) is 0 Å². The van der Waals surface area contributed by atoms with Gasteiger partial charge in [-0.15, -0.1) is 11.3 Å². The first-order chi connectivity index (χ1) is 13.6. The number of amides is 1. The predicted octanol–water partition coefficient (Wildman–Crippen LogP) is 3.85. The number of hydrogen-bond acceptors (Lipinski definition) is 5. The minimum absolute atomic E-state index is 0.123. The largest absolute Gasteiger partial charge is 0.451 e. The van der Waals surface area contributed by atoms with Crippen molar-refractivity contribution >= 4 is 23.2 Å². The van der Waals surface area contributed by atoms with Crippen LogP contribution in [0, 0.1) is 0 Å². The van der Waals surface area contributed by atoms with Crippen LogP contribution in [0.5, 0.6) is 0 Å². The molecule has 1 aromatic carbocycles. The summed E-state index contributed by atoms with van der Waals surface area (Å²) in [6.45, 7) is 1.57. The van der Waals surface area contributed by atoms with E-state index in [-0.39, 0.29) is 18.6 Å². The minimum atomic E-state index is -0.554. The van der Waals surface area contributed by atoms with Gasteiger partial charge in [-0.1, -0.05) is 24.3 Å². The van der Waals surface area contributed by atoms with Gasteiger partial charge in [0.1, 0.15) is 0 Å². The fraction of sp³-hybridized carbons (Fsp3) is 0.286. The Labute approximate surface area is 167 Å². The molecule has 4 rings (SSSR count). The molecule has 1 atom stereocenters. The average Bonchev–Trinajstić information content (AvgIpc) is 3.23. The van der Waals surface area contributed by atoms with E-state index in [9.17, 15) is 9.59 Å². The number of nitrogens with zero attached hydrogens (tertiary/aromatic N) is 2. The zero-order valence-electron chi connectivity index (χ0n) is 15.5. The van der Waals surface area contributed by atoms with Gasteiger partial charge >= 0.3 is 5.97 Å². The summed E-state index contributed by atoms with van der Waals surface area (Å²) in [5.41, 5.74) is 2.02. The van der Waals surface area contributed by atoms with E-state index >= 15 is 0 Å². The number of carbonyl (C=O) groups excluding carboxylic acids is 2. The smallest absolute Gasteiger partial charge is 0.357 e. The third-order valence-corrected chi connectivity index (χ3v) is 5.67. The molecule has 2 aromatic heterocycles. The molecular weight excluding hydrogens is 374 g/mol. The molecule has 0 radical (unpaired) electrons. The van der Waals surface area contributed by atoms with Crippen molar-refractivity contribution in [2.45, 2.75) is 31.7 Å². The number of benzene rings is 1. The van der Waals surface area contributed by atoms with Gasteiger partial charge in [0.2, 0.25) is 0 Å². The fourth-order valence-electron chi connectivity index (χ4n) is 2.99. The summed E-state index contributed by atoms with van der Waals surface area (Å²) >= 11 is 1.57. The van der Waals surface area contributed by atoms with Crippen LogP contribution in [0.2, 0.25) is 0 Å². The van der Waals surface area contributed by atoms with Gasteiger partial charge in [0.05, 0.1) is 17.4 Å². The van der Waals surface area contributed by atoms with Crippen LogP contribution in [0.4, 0.5) is 0 Å². The Morgan fingerprint density at radius 2 is 2.04 bits per heavy atom. The fourth-order valence-corrected chi connectivity index (χ4v) is 3.72. The van der Waals surface area contributed by atoms with Crippen molar-refractivity contribution in [3.63, 3.8) is 0 Å². The molecular formula is C21H21N3O3S. The maximum atomic E-state index is 12.7. The number of aromatic nitrogens is 2. The summed E-state index contributed by atoms with van der Waals surface area (Å²) in [6.07, 6.45) is 2.17. The number of carbonyl (C=O) groups is 2. The molecule has 1 fully saturated rings. The number of thiophene rings is 1. The zero-order valence-corrected chi connectivity index (χ0v) is 16.3. The Bertz CT molecular complexity index is 962. The summed E-state index contributed by atoms with van der Waals surface area (Å²) in [6, 6.07) is 15.0. The van der Waals surface area contributed by atoms with Crippen LogP contribution >= 0.6 is 11.3 Å². The molecule has 0 bridgehead atoms. The highest BCUT2D eigenvalue weighted by atomic mass is 32.1. The topological polar surface area (TPSA) is 73.2 Å². The van der Waals surface area contributed by atoms with Crippen LogP contribution in [0.25, 0.3) is 5.69 Å². The molecule has 6 nitrogen and oxygen atoms in total. The van der Waals surface area contributed by atoms with Crippen molar-refractivity contribution in [3.05, 3.63) is 70.2 Å². The second-order valence-corrected chi connectivity index (χ2v) is 7.84. The lowest BCUT2D eigenvalue weighted by atomic mass is 10.2. The highest BCUT2D eigenvalue weighted by Crippen LogP contribution is 2.39. The molecule has 1 aliphatic rings. The molecule has 1 amide bonds. The maximum absolute atomic E-state index is 12.7. The molecule has 2 heterocycles. The van der Waals surface area contributed by atoms with Gasteiger partial charge in [-0.2, -0.15) is 5.10 Å². The Morgan fingerprint density at radius 3 is 2.71 bits per heavy atom. The van der Waals surface area contributed by atoms with Crippen molar-refractivity contribution in [1.29, 1.82) is 0 Å². The number of hydrogen-bond donors (Lipinski definition) is 1. The molecule has 0 spiro atoms. The quantitative estimate of drug-likeness (QED) is 0.617. The number of esters is 1. The van der Waals surface area contributed by atoms with Crippen LogP contribution in [0.15, 0.2) is 53.9 Å². The Morgan fingerprint density at radius 1 is 1.25 bits per heavy atom. The summed E-state index contributed by atoms with van der Waals surface area (Å²) < 4.78 is 6.87. The molecule has 3 aromatic rings. The van der Waals surface area contributed by atoms with E-state index < -0.39 is 5.97 Å².